The molecular weight excluding hydrogens is 182 g/mol. The van der Waals surface area contributed by atoms with Gasteiger partial charge in [-0.15, -0.1) is 0 Å². The zero-order valence-electron chi connectivity index (χ0n) is 8.59. The molecule has 0 aromatic heterocycles. The van der Waals surface area contributed by atoms with Crippen molar-refractivity contribution in [3.8, 4) is 0 Å². The minimum Gasteiger partial charge on any atom is -0.368 e. The molecule has 0 aromatic carbocycles. The molecule has 0 bridgehead atoms. The Bertz CT molecular complexity index is 250. The fraction of sp³-hybridized carbons (Fsp3) is 0.778. The van der Waals surface area contributed by atoms with Crippen LogP contribution in [0.1, 0.15) is 26.7 Å². The molecule has 1 saturated heterocycles. The van der Waals surface area contributed by atoms with Gasteiger partial charge in [0.25, 0.3) is 0 Å². The normalized spacial score (nSPS) is 22.1. The van der Waals surface area contributed by atoms with Gasteiger partial charge in [0.15, 0.2) is 0 Å². The predicted octanol–water partition coefficient (Wildman–Crippen LogP) is -0.881. The summed E-state index contributed by atoms with van der Waals surface area (Å²) < 4.78 is 0. The van der Waals surface area contributed by atoms with Gasteiger partial charge in [-0.3, -0.25) is 9.59 Å². The van der Waals surface area contributed by atoms with Gasteiger partial charge in [0, 0.05) is 19.0 Å². The Morgan fingerprint density at radius 2 is 2.36 bits per heavy atom. The standard InChI is InChI=1S/C9H17N3O2/c1-9(2,8(10)14)11-5-6-3-4-7(13)12-6/h6,11H,3-5H2,1-2H3,(H2,10,14)(H,12,13). The second-order valence-electron chi connectivity index (χ2n) is 4.17. The SMILES string of the molecule is CC(C)(NCC1CCC(=O)N1)C(N)=O. The summed E-state index contributed by atoms with van der Waals surface area (Å²) in [6.45, 7) is 4.04. The van der Waals surface area contributed by atoms with Gasteiger partial charge in [0.1, 0.15) is 0 Å². The number of hydrogen-bond donors (Lipinski definition) is 3. The van der Waals surface area contributed by atoms with Crippen molar-refractivity contribution in [2.75, 3.05) is 6.54 Å². The molecule has 4 N–H and O–H groups in total. The Kier molecular flexibility index (Phi) is 3.10. The number of carbonyl (C=O) groups is 2. The number of rotatable bonds is 4. The fourth-order valence-corrected chi connectivity index (χ4v) is 1.30. The highest BCUT2D eigenvalue weighted by atomic mass is 16.2. The van der Waals surface area contributed by atoms with Crippen LogP contribution in [0, 0.1) is 0 Å². The molecule has 80 valence electrons. The van der Waals surface area contributed by atoms with E-state index in [9.17, 15) is 9.59 Å². The third-order valence-electron chi connectivity index (χ3n) is 2.49. The van der Waals surface area contributed by atoms with Crippen molar-refractivity contribution in [2.24, 2.45) is 5.73 Å². The number of hydrogen-bond acceptors (Lipinski definition) is 3. The molecule has 1 fully saturated rings. The van der Waals surface area contributed by atoms with Gasteiger partial charge in [0.05, 0.1) is 5.54 Å². The summed E-state index contributed by atoms with van der Waals surface area (Å²) in [7, 11) is 0. The van der Waals surface area contributed by atoms with Crippen LogP contribution in [0.25, 0.3) is 0 Å². The molecule has 1 heterocycles. The molecule has 1 aliphatic heterocycles. The molecule has 1 rings (SSSR count). The monoisotopic (exact) mass is 199 g/mol. The first-order chi connectivity index (χ1) is 6.42. The second kappa shape index (κ2) is 3.96. The van der Waals surface area contributed by atoms with Crippen molar-refractivity contribution in [1.29, 1.82) is 0 Å². The predicted molar refractivity (Wildman–Crippen MR) is 52.4 cm³/mol. The Balaban J connectivity index is 2.33. The van der Waals surface area contributed by atoms with Gasteiger partial charge in [-0.05, 0) is 20.3 Å². The maximum atomic E-state index is 11.0. The lowest BCUT2D eigenvalue weighted by molar-refractivity contribution is -0.123. The minimum atomic E-state index is -0.715. The first-order valence-electron chi connectivity index (χ1n) is 4.76. The lowest BCUT2D eigenvalue weighted by atomic mass is 10.0. The van der Waals surface area contributed by atoms with Crippen molar-refractivity contribution in [2.45, 2.75) is 38.3 Å². The lowest BCUT2D eigenvalue weighted by Gasteiger charge is -2.24. The summed E-state index contributed by atoms with van der Waals surface area (Å²) >= 11 is 0. The van der Waals surface area contributed by atoms with Crippen LogP contribution in [-0.2, 0) is 9.59 Å². The first kappa shape index (κ1) is 11.0. The number of amides is 2. The quantitative estimate of drug-likeness (QED) is 0.549. The molecule has 1 unspecified atom stereocenters. The summed E-state index contributed by atoms with van der Waals surface area (Å²) in [6, 6.07) is 0.126. The van der Waals surface area contributed by atoms with Crippen LogP contribution in [0.2, 0.25) is 0 Å². The highest BCUT2D eigenvalue weighted by molar-refractivity contribution is 5.83. The molecule has 1 aliphatic rings. The van der Waals surface area contributed by atoms with Crippen LogP contribution in [-0.4, -0.2) is 29.9 Å². The van der Waals surface area contributed by atoms with Crippen LogP contribution in [0.4, 0.5) is 0 Å². The summed E-state index contributed by atoms with van der Waals surface area (Å²) in [5.41, 5.74) is 4.48. The third kappa shape index (κ3) is 2.70. The molecule has 0 saturated carbocycles. The molecule has 14 heavy (non-hydrogen) atoms. The zero-order valence-corrected chi connectivity index (χ0v) is 8.59. The second-order valence-corrected chi connectivity index (χ2v) is 4.17. The third-order valence-corrected chi connectivity index (χ3v) is 2.49. The maximum Gasteiger partial charge on any atom is 0.237 e. The van der Waals surface area contributed by atoms with Gasteiger partial charge >= 0.3 is 0 Å². The van der Waals surface area contributed by atoms with E-state index >= 15 is 0 Å². The fourth-order valence-electron chi connectivity index (χ4n) is 1.30. The van der Waals surface area contributed by atoms with Gasteiger partial charge in [0.2, 0.25) is 11.8 Å². The van der Waals surface area contributed by atoms with E-state index in [1.807, 2.05) is 0 Å². The largest absolute Gasteiger partial charge is 0.368 e. The average Bonchev–Trinajstić information content (AvgIpc) is 2.48. The van der Waals surface area contributed by atoms with Crippen LogP contribution in [0.5, 0.6) is 0 Å². The van der Waals surface area contributed by atoms with E-state index in [2.05, 4.69) is 10.6 Å². The van der Waals surface area contributed by atoms with Gasteiger partial charge in [-0.25, -0.2) is 0 Å². The summed E-state index contributed by atoms with van der Waals surface area (Å²) in [4.78, 5) is 21.8. The molecule has 1 atom stereocenters. The van der Waals surface area contributed by atoms with E-state index in [1.165, 1.54) is 0 Å². The number of nitrogens with one attached hydrogen (secondary N) is 2. The van der Waals surface area contributed by atoms with Crippen LogP contribution in [0.15, 0.2) is 0 Å². The van der Waals surface area contributed by atoms with Crippen LogP contribution < -0.4 is 16.4 Å². The average molecular weight is 199 g/mol. The highest BCUT2D eigenvalue weighted by Gasteiger charge is 2.27. The van der Waals surface area contributed by atoms with E-state index in [1.54, 1.807) is 13.8 Å². The molecule has 5 heteroatoms. The van der Waals surface area contributed by atoms with Gasteiger partial charge in [-0.2, -0.15) is 0 Å². The zero-order chi connectivity index (χ0) is 10.8. The van der Waals surface area contributed by atoms with Crippen molar-refractivity contribution >= 4 is 11.8 Å². The van der Waals surface area contributed by atoms with Crippen molar-refractivity contribution < 1.29 is 9.59 Å². The van der Waals surface area contributed by atoms with Crippen LogP contribution >= 0.6 is 0 Å². The Labute approximate surface area is 83.4 Å². The van der Waals surface area contributed by atoms with Crippen molar-refractivity contribution in [1.82, 2.24) is 10.6 Å². The van der Waals surface area contributed by atoms with Gasteiger partial charge in [-0.1, -0.05) is 0 Å². The summed E-state index contributed by atoms with van der Waals surface area (Å²) in [6.07, 6.45) is 1.39. The van der Waals surface area contributed by atoms with Crippen molar-refractivity contribution in [3.63, 3.8) is 0 Å². The number of carbonyl (C=O) groups excluding carboxylic acids is 2. The molecule has 0 aromatic rings. The smallest absolute Gasteiger partial charge is 0.237 e. The van der Waals surface area contributed by atoms with E-state index in [0.29, 0.717) is 13.0 Å². The first-order valence-corrected chi connectivity index (χ1v) is 4.76. The summed E-state index contributed by atoms with van der Waals surface area (Å²) in [5, 5.41) is 5.84. The number of nitrogens with two attached hydrogens (primary N) is 1. The minimum absolute atomic E-state index is 0.0775. The Morgan fingerprint density at radius 1 is 1.71 bits per heavy atom. The molecular formula is C9H17N3O2. The highest BCUT2D eigenvalue weighted by Crippen LogP contribution is 2.07. The van der Waals surface area contributed by atoms with Crippen LogP contribution in [0.3, 0.4) is 0 Å². The Hall–Kier alpha value is -1.10. The number of primary amides is 1. The molecule has 2 amide bonds. The van der Waals surface area contributed by atoms with E-state index in [-0.39, 0.29) is 17.9 Å². The van der Waals surface area contributed by atoms with E-state index in [0.717, 1.165) is 6.42 Å². The molecule has 5 nitrogen and oxygen atoms in total. The van der Waals surface area contributed by atoms with Gasteiger partial charge < -0.3 is 16.4 Å². The van der Waals surface area contributed by atoms with E-state index in [4.69, 9.17) is 5.73 Å². The van der Waals surface area contributed by atoms with Crippen molar-refractivity contribution in [3.05, 3.63) is 0 Å². The molecule has 0 spiro atoms. The topological polar surface area (TPSA) is 84.2 Å². The maximum absolute atomic E-state index is 11.0. The Morgan fingerprint density at radius 3 is 2.79 bits per heavy atom. The van der Waals surface area contributed by atoms with E-state index < -0.39 is 5.54 Å². The lowest BCUT2D eigenvalue weighted by Crippen LogP contribution is -2.53. The summed E-state index contributed by atoms with van der Waals surface area (Å²) in [5.74, 6) is -0.310. The molecule has 0 aliphatic carbocycles. The molecule has 0 radical (unpaired) electrons.